The number of hydrogen-bond acceptors (Lipinski definition) is 1. The Morgan fingerprint density at radius 1 is 0.230 bits per heavy atom. The molecule has 1 nitrogen and oxygen atoms in total. The van der Waals surface area contributed by atoms with Crippen LogP contribution in [0, 0.1) is 0 Å². The predicted octanol–water partition coefficient (Wildman–Crippen LogP) is 19.1. The Hall–Kier alpha value is -8.78. The third-order valence-electron chi connectivity index (χ3n) is 17.5. The van der Waals surface area contributed by atoms with E-state index >= 15 is 0 Å². The smallest absolute Gasteiger partial charge is 0.0726 e. The van der Waals surface area contributed by atoms with E-state index in [2.05, 4.69) is 281 Å². The van der Waals surface area contributed by atoms with Gasteiger partial charge in [-0.25, -0.2) is 0 Å². The molecule has 0 aromatic heterocycles. The van der Waals surface area contributed by atoms with Crippen LogP contribution in [0.3, 0.4) is 0 Å². The first kappa shape index (κ1) is 42.9. The molecule has 11 aromatic rings. The average molecular weight is 944 g/mol. The molecular formula is C73H53N. The average Bonchev–Trinajstić information content (AvgIpc) is 4.09. The highest BCUT2D eigenvalue weighted by Crippen LogP contribution is 2.65. The van der Waals surface area contributed by atoms with Gasteiger partial charge in [0, 0.05) is 27.9 Å². The topological polar surface area (TPSA) is 3.24 Å². The standard InChI is InChI=1S/C73H53N/c1-71(2)62-24-12-8-19-55(62)59-40-37-51(43-67(59)71)74(52-38-41-60-56-20-9-13-25-63(56)72(3,4)68(60)44-52)53-39-42-61-69(45-53)73(64-26-14-10-21-57(64)58-22-11-15-27-65(58)73)66-28-16-23-54(70(61)66)50-35-33-49(34-36-50)48-31-29-47(30-32-48)46-17-6-5-7-18-46/h5-45H,1-4H3. The van der Waals surface area contributed by atoms with Gasteiger partial charge in [0.25, 0.3) is 0 Å². The summed E-state index contributed by atoms with van der Waals surface area (Å²) in [5, 5.41) is 0. The van der Waals surface area contributed by atoms with Crippen LogP contribution in [0.4, 0.5) is 17.1 Å². The maximum atomic E-state index is 2.56. The van der Waals surface area contributed by atoms with Crippen LogP contribution >= 0.6 is 0 Å². The molecule has 0 amide bonds. The molecule has 0 radical (unpaired) electrons. The summed E-state index contributed by atoms with van der Waals surface area (Å²) in [6.07, 6.45) is 0. The van der Waals surface area contributed by atoms with E-state index in [4.69, 9.17) is 0 Å². The Balaban J connectivity index is 0.935. The molecule has 4 aliphatic rings. The van der Waals surface area contributed by atoms with E-state index in [0.29, 0.717) is 0 Å². The molecule has 0 fully saturated rings. The molecule has 74 heavy (non-hydrogen) atoms. The number of nitrogens with zero attached hydrogens (tertiary/aromatic N) is 1. The molecule has 0 saturated carbocycles. The van der Waals surface area contributed by atoms with Gasteiger partial charge < -0.3 is 4.90 Å². The Kier molecular flexibility index (Phi) is 9.04. The van der Waals surface area contributed by atoms with E-state index in [9.17, 15) is 0 Å². The molecule has 0 atom stereocenters. The second-order valence-corrected chi connectivity index (χ2v) is 22.0. The Morgan fingerprint density at radius 2 is 0.568 bits per heavy atom. The molecule has 1 spiro atoms. The lowest BCUT2D eigenvalue weighted by atomic mass is 9.70. The lowest BCUT2D eigenvalue weighted by molar-refractivity contribution is 0.660. The minimum absolute atomic E-state index is 0.155. The molecule has 0 heterocycles. The van der Waals surface area contributed by atoms with Crippen LogP contribution in [-0.4, -0.2) is 0 Å². The summed E-state index contributed by atoms with van der Waals surface area (Å²) in [6, 6.07) is 94.0. The summed E-state index contributed by atoms with van der Waals surface area (Å²) in [7, 11) is 0. The maximum Gasteiger partial charge on any atom is 0.0726 e. The zero-order chi connectivity index (χ0) is 49.5. The monoisotopic (exact) mass is 943 g/mol. The van der Waals surface area contributed by atoms with Crippen LogP contribution in [0.25, 0.3) is 77.9 Å². The van der Waals surface area contributed by atoms with Crippen molar-refractivity contribution in [3.8, 4) is 77.9 Å². The molecule has 0 saturated heterocycles. The SMILES string of the molecule is CC1(C)c2ccccc2-c2ccc(N(c3ccc4c(c3)C(C)(C)c3ccccc3-4)c3ccc4c(c3)C3(c5ccccc5-c5ccccc53)c3cccc(-c5ccc(-c6ccc(-c7ccccc7)cc6)cc5)c3-4)cc21. The van der Waals surface area contributed by atoms with Crippen LogP contribution in [0.15, 0.2) is 249 Å². The molecule has 1 heteroatoms. The molecule has 4 aliphatic carbocycles. The Bertz CT molecular complexity index is 3960. The molecule has 350 valence electrons. The minimum atomic E-state index is -0.543. The molecule has 0 N–H and O–H groups in total. The fourth-order valence-electron chi connectivity index (χ4n) is 14.0. The summed E-state index contributed by atoms with van der Waals surface area (Å²) in [5.41, 5.74) is 31.3. The maximum absolute atomic E-state index is 2.56. The van der Waals surface area contributed by atoms with Gasteiger partial charge in [-0.05, 0) is 159 Å². The van der Waals surface area contributed by atoms with Gasteiger partial charge in [-0.2, -0.15) is 0 Å². The summed E-state index contributed by atoms with van der Waals surface area (Å²) < 4.78 is 0. The first-order valence-electron chi connectivity index (χ1n) is 26.2. The number of benzene rings is 11. The van der Waals surface area contributed by atoms with Crippen LogP contribution in [-0.2, 0) is 16.2 Å². The van der Waals surface area contributed by atoms with Crippen LogP contribution in [0.5, 0.6) is 0 Å². The Labute approximate surface area is 434 Å². The highest BCUT2D eigenvalue weighted by atomic mass is 15.1. The van der Waals surface area contributed by atoms with Crippen molar-refractivity contribution in [2.75, 3.05) is 4.90 Å². The van der Waals surface area contributed by atoms with Gasteiger partial charge in [-0.3, -0.25) is 0 Å². The van der Waals surface area contributed by atoms with Crippen molar-refractivity contribution in [1.82, 2.24) is 0 Å². The number of fused-ring (bicyclic) bond motifs is 16. The summed E-state index contributed by atoms with van der Waals surface area (Å²) in [4.78, 5) is 2.55. The molecular weight excluding hydrogens is 891 g/mol. The van der Waals surface area contributed by atoms with Crippen LogP contribution < -0.4 is 4.90 Å². The lowest BCUT2D eigenvalue weighted by Crippen LogP contribution is -2.26. The van der Waals surface area contributed by atoms with Gasteiger partial charge in [0.15, 0.2) is 0 Å². The first-order valence-corrected chi connectivity index (χ1v) is 26.2. The first-order chi connectivity index (χ1) is 36.2. The molecule has 15 rings (SSSR count). The fourth-order valence-corrected chi connectivity index (χ4v) is 14.0. The number of rotatable bonds is 6. The molecule has 11 aromatic carbocycles. The van der Waals surface area contributed by atoms with Crippen molar-refractivity contribution >= 4 is 17.1 Å². The predicted molar refractivity (Wildman–Crippen MR) is 309 cm³/mol. The summed E-state index contributed by atoms with van der Waals surface area (Å²) >= 11 is 0. The number of hydrogen-bond donors (Lipinski definition) is 0. The second kappa shape index (κ2) is 15.6. The summed E-state index contributed by atoms with van der Waals surface area (Å²) in [6.45, 7) is 9.56. The van der Waals surface area contributed by atoms with E-state index in [1.54, 1.807) is 0 Å². The van der Waals surface area contributed by atoms with Crippen molar-refractivity contribution in [2.45, 2.75) is 43.9 Å². The molecule has 0 bridgehead atoms. The molecule has 0 aliphatic heterocycles. The zero-order valence-corrected chi connectivity index (χ0v) is 42.1. The van der Waals surface area contributed by atoms with E-state index in [1.807, 2.05) is 0 Å². The highest BCUT2D eigenvalue weighted by molar-refractivity contribution is 6.01. The quantitative estimate of drug-likeness (QED) is 0.161. The largest absolute Gasteiger partial charge is 0.310 e. The van der Waals surface area contributed by atoms with Crippen LogP contribution in [0.2, 0.25) is 0 Å². The van der Waals surface area contributed by atoms with Crippen LogP contribution in [0.1, 0.15) is 72.2 Å². The van der Waals surface area contributed by atoms with E-state index in [1.165, 1.54) is 122 Å². The van der Waals surface area contributed by atoms with E-state index in [-0.39, 0.29) is 10.8 Å². The molecule has 0 unspecified atom stereocenters. The van der Waals surface area contributed by atoms with Crippen molar-refractivity contribution in [2.24, 2.45) is 0 Å². The van der Waals surface area contributed by atoms with Gasteiger partial charge in [-0.15, -0.1) is 0 Å². The second-order valence-electron chi connectivity index (χ2n) is 22.0. The minimum Gasteiger partial charge on any atom is -0.310 e. The number of anilines is 3. The zero-order valence-electron chi connectivity index (χ0n) is 42.1. The van der Waals surface area contributed by atoms with Crippen molar-refractivity contribution < 1.29 is 0 Å². The van der Waals surface area contributed by atoms with Gasteiger partial charge in [0.05, 0.1) is 5.41 Å². The van der Waals surface area contributed by atoms with Crippen molar-refractivity contribution in [3.63, 3.8) is 0 Å². The third kappa shape index (κ3) is 5.87. The van der Waals surface area contributed by atoms with Gasteiger partial charge in [0.2, 0.25) is 0 Å². The summed E-state index contributed by atoms with van der Waals surface area (Å²) in [5.74, 6) is 0. The van der Waals surface area contributed by atoms with E-state index < -0.39 is 5.41 Å². The Morgan fingerprint density at radius 3 is 1.05 bits per heavy atom. The van der Waals surface area contributed by atoms with E-state index in [0.717, 1.165) is 17.1 Å². The third-order valence-corrected chi connectivity index (χ3v) is 17.5. The fraction of sp³-hybridized carbons (Fsp3) is 0.0959. The van der Waals surface area contributed by atoms with Gasteiger partial charge in [0.1, 0.15) is 0 Å². The highest BCUT2D eigenvalue weighted by Gasteiger charge is 2.52. The van der Waals surface area contributed by atoms with Gasteiger partial charge >= 0.3 is 0 Å². The van der Waals surface area contributed by atoms with Crippen molar-refractivity contribution in [3.05, 3.63) is 293 Å². The lowest BCUT2D eigenvalue weighted by Gasteiger charge is -2.33. The van der Waals surface area contributed by atoms with Crippen molar-refractivity contribution in [1.29, 1.82) is 0 Å². The van der Waals surface area contributed by atoms with Gasteiger partial charge in [-0.1, -0.05) is 240 Å². The normalized spacial score (nSPS) is 14.8.